The van der Waals surface area contributed by atoms with E-state index >= 15 is 0 Å². The van der Waals surface area contributed by atoms with Crippen LogP contribution in [0.15, 0.2) is 0 Å². The van der Waals surface area contributed by atoms with Gasteiger partial charge in [-0.25, -0.2) is 0 Å². The van der Waals surface area contributed by atoms with Crippen LogP contribution in [0.4, 0.5) is 0 Å². The van der Waals surface area contributed by atoms with Gasteiger partial charge >= 0.3 is 0 Å². The number of nitrogens with zero attached hydrogens (tertiary/aromatic N) is 2. The standard InChI is InChI=1S/C13H25N3O/c1-6-14-8-7-13-11(3)15-16(12(13)4)9-10(2)17-5/h10,14H,6-9H2,1-5H3. The fourth-order valence-corrected chi connectivity index (χ4v) is 1.98. The van der Waals surface area contributed by atoms with Crippen LogP contribution in [0, 0.1) is 13.8 Å². The molecule has 0 aromatic carbocycles. The van der Waals surface area contributed by atoms with Crippen LogP contribution < -0.4 is 5.32 Å². The molecule has 1 N–H and O–H groups in total. The molecule has 1 aromatic rings. The summed E-state index contributed by atoms with van der Waals surface area (Å²) in [7, 11) is 1.74. The Kier molecular flexibility index (Phi) is 5.65. The highest BCUT2D eigenvalue weighted by molar-refractivity contribution is 5.24. The van der Waals surface area contributed by atoms with Crippen molar-refractivity contribution >= 4 is 0 Å². The van der Waals surface area contributed by atoms with Gasteiger partial charge < -0.3 is 10.1 Å². The van der Waals surface area contributed by atoms with Crippen molar-refractivity contribution in [2.75, 3.05) is 20.2 Å². The van der Waals surface area contributed by atoms with Gasteiger partial charge in [-0.3, -0.25) is 4.68 Å². The van der Waals surface area contributed by atoms with Crippen molar-refractivity contribution in [3.63, 3.8) is 0 Å². The zero-order valence-corrected chi connectivity index (χ0v) is 11.7. The van der Waals surface area contributed by atoms with Crippen molar-refractivity contribution in [1.29, 1.82) is 0 Å². The van der Waals surface area contributed by atoms with Crippen molar-refractivity contribution in [3.8, 4) is 0 Å². The molecule has 0 amide bonds. The highest BCUT2D eigenvalue weighted by Crippen LogP contribution is 2.14. The zero-order valence-electron chi connectivity index (χ0n) is 11.7. The normalized spacial score (nSPS) is 13.0. The predicted molar refractivity (Wildman–Crippen MR) is 70.4 cm³/mol. The van der Waals surface area contributed by atoms with Crippen LogP contribution in [0.25, 0.3) is 0 Å². The maximum absolute atomic E-state index is 5.28. The summed E-state index contributed by atoms with van der Waals surface area (Å²) in [6.45, 7) is 11.3. The Bertz CT molecular complexity index is 347. The first-order valence-electron chi connectivity index (χ1n) is 6.36. The van der Waals surface area contributed by atoms with E-state index in [0.29, 0.717) is 0 Å². The molecule has 0 radical (unpaired) electrons. The number of ether oxygens (including phenoxy) is 1. The van der Waals surface area contributed by atoms with E-state index in [1.807, 2.05) is 0 Å². The maximum Gasteiger partial charge on any atom is 0.0739 e. The van der Waals surface area contributed by atoms with Gasteiger partial charge in [-0.15, -0.1) is 0 Å². The maximum atomic E-state index is 5.28. The second kappa shape index (κ2) is 6.77. The minimum atomic E-state index is 0.203. The Morgan fingerprint density at radius 3 is 2.71 bits per heavy atom. The van der Waals surface area contributed by atoms with Gasteiger partial charge in [0.1, 0.15) is 0 Å². The molecule has 1 atom stereocenters. The van der Waals surface area contributed by atoms with E-state index < -0.39 is 0 Å². The largest absolute Gasteiger partial charge is 0.380 e. The van der Waals surface area contributed by atoms with Gasteiger partial charge in [-0.05, 0) is 45.8 Å². The highest BCUT2D eigenvalue weighted by atomic mass is 16.5. The molecule has 0 fully saturated rings. The number of methoxy groups -OCH3 is 1. The van der Waals surface area contributed by atoms with E-state index in [4.69, 9.17) is 4.74 Å². The van der Waals surface area contributed by atoms with E-state index in [0.717, 1.165) is 31.7 Å². The summed E-state index contributed by atoms with van der Waals surface area (Å²) >= 11 is 0. The molecule has 17 heavy (non-hydrogen) atoms. The SMILES string of the molecule is CCNCCc1c(C)nn(CC(C)OC)c1C. The van der Waals surface area contributed by atoms with Gasteiger partial charge in [0.25, 0.3) is 0 Å². The third kappa shape index (κ3) is 3.82. The number of hydrogen-bond donors (Lipinski definition) is 1. The minimum absolute atomic E-state index is 0.203. The molecule has 0 spiro atoms. The summed E-state index contributed by atoms with van der Waals surface area (Å²) in [6.07, 6.45) is 1.25. The van der Waals surface area contributed by atoms with E-state index in [1.165, 1.54) is 11.3 Å². The van der Waals surface area contributed by atoms with Crippen LogP contribution in [0.1, 0.15) is 30.8 Å². The summed E-state index contributed by atoms with van der Waals surface area (Å²) in [5, 5.41) is 7.94. The van der Waals surface area contributed by atoms with Crippen LogP contribution in [0.5, 0.6) is 0 Å². The lowest BCUT2D eigenvalue weighted by molar-refractivity contribution is 0.0991. The van der Waals surface area contributed by atoms with Gasteiger partial charge in [0.2, 0.25) is 0 Å². The summed E-state index contributed by atoms with van der Waals surface area (Å²) in [4.78, 5) is 0. The quantitative estimate of drug-likeness (QED) is 0.736. The Hall–Kier alpha value is -0.870. The van der Waals surface area contributed by atoms with Crippen LogP contribution in [0.2, 0.25) is 0 Å². The number of rotatable bonds is 7. The Morgan fingerprint density at radius 2 is 2.12 bits per heavy atom. The van der Waals surface area contributed by atoms with E-state index in [9.17, 15) is 0 Å². The third-order valence-electron chi connectivity index (χ3n) is 3.17. The fraction of sp³-hybridized carbons (Fsp3) is 0.769. The molecule has 0 aliphatic carbocycles. The Labute approximate surface area is 104 Å². The molecule has 0 bridgehead atoms. The predicted octanol–water partition coefficient (Wildman–Crippen LogP) is 1.69. The van der Waals surface area contributed by atoms with Crippen molar-refractivity contribution < 1.29 is 4.74 Å². The molecule has 0 saturated heterocycles. The molecule has 0 aliphatic heterocycles. The average molecular weight is 239 g/mol. The second-order valence-electron chi connectivity index (χ2n) is 4.48. The summed E-state index contributed by atoms with van der Waals surface area (Å²) in [5.74, 6) is 0. The van der Waals surface area contributed by atoms with Gasteiger partial charge in [0.05, 0.1) is 18.3 Å². The Morgan fingerprint density at radius 1 is 1.41 bits per heavy atom. The van der Waals surface area contributed by atoms with Gasteiger partial charge in [-0.1, -0.05) is 6.92 Å². The summed E-state index contributed by atoms with van der Waals surface area (Å²) in [5.41, 5.74) is 3.78. The first-order chi connectivity index (χ1) is 8.10. The van der Waals surface area contributed by atoms with E-state index in [-0.39, 0.29) is 6.10 Å². The lowest BCUT2D eigenvalue weighted by atomic mass is 10.1. The van der Waals surface area contributed by atoms with Gasteiger partial charge in [0, 0.05) is 12.8 Å². The average Bonchev–Trinajstić information content (AvgIpc) is 2.56. The first-order valence-corrected chi connectivity index (χ1v) is 6.36. The smallest absolute Gasteiger partial charge is 0.0739 e. The molecule has 4 nitrogen and oxygen atoms in total. The summed E-state index contributed by atoms with van der Waals surface area (Å²) in [6, 6.07) is 0. The van der Waals surface area contributed by atoms with Crippen molar-refractivity contribution in [2.45, 2.75) is 46.8 Å². The van der Waals surface area contributed by atoms with Gasteiger partial charge in [-0.2, -0.15) is 5.10 Å². The van der Waals surface area contributed by atoms with E-state index in [2.05, 4.69) is 42.8 Å². The molecule has 0 saturated carbocycles. The molecular formula is C13H25N3O. The second-order valence-corrected chi connectivity index (χ2v) is 4.48. The van der Waals surface area contributed by atoms with Crippen LogP contribution in [-0.2, 0) is 17.7 Å². The third-order valence-corrected chi connectivity index (χ3v) is 3.17. The lowest BCUT2D eigenvalue weighted by Gasteiger charge is -2.11. The number of likely N-dealkylation sites (N-methyl/N-ethyl adjacent to an activating group) is 1. The van der Waals surface area contributed by atoms with Crippen LogP contribution >= 0.6 is 0 Å². The zero-order chi connectivity index (χ0) is 12.8. The van der Waals surface area contributed by atoms with E-state index in [1.54, 1.807) is 7.11 Å². The molecule has 4 heteroatoms. The van der Waals surface area contributed by atoms with Gasteiger partial charge in [0.15, 0.2) is 0 Å². The minimum Gasteiger partial charge on any atom is -0.380 e. The Balaban J connectivity index is 2.71. The number of aromatic nitrogens is 2. The number of nitrogens with one attached hydrogen (secondary N) is 1. The molecule has 1 rings (SSSR count). The van der Waals surface area contributed by atoms with Crippen LogP contribution in [-0.4, -0.2) is 36.1 Å². The molecule has 1 unspecified atom stereocenters. The molecule has 0 aliphatic rings. The molecule has 1 heterocycles. The number of aryl methyl sites for hydroxylation is 1. The fourth-order valence-electron chi connectivity index (χ4n) is 1.98. The highest BCUT2D eigenvalue weighted by Gasteiger charge is 2.12. The van der Waals surface area contributed by atoms with Crippen molar-refractivity contribution in [1.82, 2.24) is 15.1 Å². The van der Waals surface area contributed by atoms with Crippen LogP contribution in [0.3, 0.4) is 0 Å². The lowest BCUT2D eigenvalue weighted by Crippen LogP contribution is -2.18. The first kappa shape index (κ1) is 14.2. The van der Waals surface area contributed by atoms with Crippen molar-refractivity contribution in [3.05, 3.63) is 17.0 Å². The monoisotopic (exact) mass is 239 g/mol. The topological polar surface area (TPSA) is 39.1 Å². The van der Waals surface area contributed by atoms with Crippen molar-refractivity contribution in [2.24, 2.45) is 0 Å². The number of hydrogen-bond acceptors (Lipinski definition) is 3. The molecule has 1 aromatic heterocycles. The summed E-state index contributed by atoms with van der Waals surface area (Å²) < 4.78 is 7.34. The molecular weight excluding hydrogens is 214 g/mol. The molecule has 98 valence electrons.